The Morgan fingerprint density at radius 2 is 1.10 bits per heavy atom. The van der Waals surface area contributed by atoms with E-state index in [0.717, 1.165) is 0 Å². The molecule has 2 aliphatic heterocycles. The molecule has 2 fully saturated rings. The fourth-order valence-electron chi connectivity index (χ4n) is 1.86. The lowest BCUT2D eigenvalue weighted by molar-refractivity contribution is -0.211. The lowest BCUT2D eigenvalue weighted by atomic mass is 10.3. The fourth-order valence-corrected chi connectivity index (χ4v) is 1.86. The minimum atomic E-state index is -0.425. The smallest absolute Gasteiger partial charge is 0.325 e. The van der Waals surface area contributed by atoms with Crippen molar-refractivity contribution >= 4 is 11.9 Å². The van der Waals surface area contributed by atoms with Gasteiger partial charge < -0.3 is 19.1 Å². The Balaban J connectivity index is 1.58. The summed E-state index contributed by atoms with van der Waals surface area (Å²) in [4.78, 5) is 33.3. The molecule has 0 aromatic carbocycles. The molecule has 0 aliphatic carbocycles. The van der Waals surface area contributed by atoms with Crippen LogP contribution in [0, 0.1) is 0 Å². The topological polar surface area (TPSA) is 77.5 Å². The Bertz CT molecular complexity index is 294. The van der Waals surface area contributed by atoms with Crippen LogP contribution in [0.25, 0.3) is 0 Å². The van der Waals surface area contributed by atoms with E-state index in [4.69, 9.17) is 19.1 Å². The molecule has 114 valence electrons. The average Bonchev–Trinajstić information content (AvgIpc) is 2.47. The van der Waals surface area contributed by atoms with Crippen LogP contribution in [0.2, 0.25) is 0 Å². The third-order valence-corrected chi connectivity index (χ3v) is 2.94. The molecule has 20 heavy (non-hydrogen) atoms. The van der Waals surface area contributed by atoms with E-state index in [2.05, 4.69) is 0 Å². The van der Waals surface area contributed by atoms with Gasteiger partial charge in [0.15, 0.2) is 0 Å². The minimum absolute atomic E-state index is 0.0144. The van der Waals surface area contributed by atoms with Crippen LogP contribution in [0.3, 0.4) is 0 Å². The first kappa shape index (κ1) is 15.2. The Hall–Kier alpha value is -1.22. The van der Waals surface area contributed by atoms with Gasteiger partial charge in [-0.15, -0.1) is 10.1 Å². The maximum absolute atomic E-state index is 11.6. The summed E-state index contributed by atoms with van der Waals surface area (Å²) in [5.41, 5.74) is 0. The van der Waals surface area contributed by atoms with Crippen molar-refractivity contribution in [3.63, 3.8) is 0 Å². The first-order valence-electron chi connectivity index (χ1n) is 6.81. The van der Waals surface area contributed by atoms with Crippen molar-refractivity contribution in [2.24, 2.45) is 0 Å². The summed E-state index contributed by atoms with van der Waals surface area (Å²) in [6.45, 7) is 4.43. The highest BCUT2D eigenvalue weighted by Gasteiger charge is 2.19. The molecular formula is C12H20N2O6. The number of rotatable bonds is 5. The van der Waals surface area contributed by atoms with Crippen LogP contribution in [0.15, 0.2) is 0 Å². The Kier molecular flexibility index (Phi) is 6.19. The number of ether oxygens (including phenoxy) is 2. The van der Waals surface area contributed by atoms with E-state index >= 15 is 0 Å². The van der Waals surface area contributed by atoms with Crippen LogP contribution in [0.5, 0.6) is 0 Å². The average molecular weight is 288 g/mol. The van der Waals surface area contributed by atoms with Gasteiger partial charge in [0.05, 0.1) is 65.4 Å². The Labute approximate surface area is 117 Å². The molecule has 0 aromatic rings. The van der Waals surface area contributed by atoms with E-state index in [1.807, 2.05) is 0 Å². The standard InChI is InChI=1S/C12H20N2O6/c15-11(19-13-3-7-17-8-4-13)1-2-12(16)20-14-5-9-18-10-6-14/h1-10H2. The third-order valence-electron chi connectivity index (χ3n) is 2.94. The zero-order valence-corrected chi connectivity index (χ0v) is 11.4. The van der Waals surface area contributed by atoms with Crippen molar-refractivity contribution in [2.75, 3.05) is 52.6 Å². The second-order valence-corrected chi connectivity index (χ2v) is 4.51. The van der Waals surface area contributed by atoms with Gasteiger partial charge in [-0.25, -0.2) is 0 Å². The molecule has 2 heterocycles. The monoisotopic (exact) mass is 288 g/mol. The van der Waals surface area contributed by atoms with Gasteiger partial charge in [0, 0.05) is 0 Å². The van der Waals surface area contributed by atoms with Crippen molar-refractivity contribution in [1.82, 2.24) is 10.1 Å². The quantitative estimate of drug-likeness (QED) is 0.660. The van der Waals surface area contributed by atoms with Gasteiger partial charge in [-0.05, 0) is 0 Å². The highest BCUT2D eigenvalue weighted by atomic mass is 16.7. The maximum atomic E-state index is 11.6. The molecule has 0 bridgehead atoms. The predicted octanol–water partition coefficient (Wildman–Crippen LogP) is -0.653. The summed E-state index contributed by atoms with van der Waals surface area (Å²) >= 11 is 0. The normalized spacial score (nSPS) is 21.4. The van der Waals surface area contributed by atoms with Gasteiger partial charge in [0.2, 0.25) is 0 Å². The largest absolute Gasteiger partial charge is 0.379 e. The number of hydroxylamine groups is 4. The van der Waals surface area contributed by atoms with E-state index in [0.29, 0.717) is 52.6 Å². The molecule has 2 rings (SSSR count). The number of carbonyl (C=O) groups excluding carboxylic acids is 2. The SMILES string of the molecule is O=C(CCC(=O)ON1CCOCC1)ON1CCOCC1. The highest BCUT2D eigenvalue weighted by Crippen LogP contribution is 2.04. The van der Waals surface area contributed by atoms with E-state index in [1.54, 1.807) is 10.1 Å². The molecule has 0 amide bonds. The highest BCUT2D eigenvalue weighted by molar-refractivity contribution is 5.77. The molecule has 0 radical (unpaired) electrons. The Morgan fingerprint density at radius 1 is 0.750 bits per heavy atom. The summed E-state index contributed by atoms with van der Waals surface area (Å²) in [7, 11) is 0. The molecular weight excluding hydrogens is 268 g/mol. The summed E-state index contributed by atoms with van der Waals surface area (Å²) in [5, 5.41) is 3.11. The van der Waals surface area contributed by atoms with Crippen LogP contribution < -0.4 is 0 Å². The zero-order valence-electron chi connectivity index (χ0n) is 11.4. The van der Waals surface area contributed by atoms with E-state index in [-0.39, 0.29) is 12.8 Å². The van der Waals surface area contributed by atoms with Gasteiger partial charge in [-0.2, -0.15) is 0 Å². The molecule has 0 atom stereocenters. The molecule has 0 unspecified atom stereocenters. The second kappa shape index (κ2) is 8.15. The second-order valence-electron chi connectivity index (χ2n) is 4.51. The van der Waals surface area contributed by atoms with Crippen molar-refractivity contribution in [2.45, 2.75) is 12.8 Å². The van der Waals surface area contributed by atoms with E-state index < -0.39 is 11.9 Å². The maximum Gasteiger partial charge on any atom is 0.325 e. The molecule has 0 spiro atoms. The van der Waals surface area contributed by atoms with Crippen LogP contribution in [0.4, 0.5) is 0 Å². The lowest BCUT2D eigenvalue weighted by Crippen LogP contribution is -2.39. The number of hydrogen-bond acceptors (Lipinski definition) is 8. The number of hydrogen-bond donors (Lipinski definition) is 0. The summed E-state index contributed by atoms with van der Waals surface area (Å²) in [6, 6.07) is 0. The molecule has 2 aliphatic rings. The van der Waals surface area contributed by atoms with Crippen LogP contribution in [-0.2, 0) is 28.7 Å². The van der Waals surface area contributed by atoms with E-state index in [1.165, 1.54) is 0 Å². The number of nitrogens with zero attached hydrogens (tertiary/aromatic N) is 2. The minimum Gasteiger partial charge on any atom is -0.379 e. The van der Waals surface area contributed by atoms with Crippen molar-refractivity contribution in [3.05, 3.63) is 0 Å². The third kappa shape index (κ3) is 5.41. The van der Waals surface area contributed by atoms with Crippen molar-refractivity contribution in [3.8, 4) is 0 Å². The van der Waals surface area contributed by atoms with Gasteiger partial charge >= 0.3 is 11.9 Å². The summed E-state index contributed by atoms with van der Waals surface area (Å²) in [6.07, 6.45) is 0.0288. The van der Waals surface area contributed by atoms with Crippen molar-refractivity contribution < 1.29 is 28.7 Å². The number of morpholine rings is 2. The van der Waals surface area contributed by atoms with Crippen LogP contribution in [-0.4, -0.2) is 74.7 Å². The molecule has 2 saturated heterocycles. The van der Waals surface area contributed by atoms with E-state index in [9.17, 15) is 9.59 Å². The Morgan fingerprint density at radius 3 is 1.45 bits per heavy atom. The zero-order chi connectivity index (χ0) is 14.2. The molecule has 8 heteroatoms. The van der Waals surface area contributed by atoms with Crippen LogP contribution in [0.1, 0.15) is 12.8 Å². The van der Waals surface area contributed by atoms with Crippen molar-refractivity contribution in [1.29, 1.82) is 0 Å². The van der Waals surface area contributed by atoms with Crippen LogP contribution >= 0.6 is 0 Å². The molecule has 0 aromatic heterocycles. The van der Waals surface area contributed by atoms with Gasteiger partial charge in [-0.1, -0.05) is 0 Å². The summed E-state index contributed by atoms with van der Waals surface area (Å²) < 4.78 is 10.3. The first-order chi connectivity index (χ1) is 9.74. The molecule has 8 nitrogen and oxygen atoms in total. The first-order valence-corrected chi connectivity index (χ1v) is 6.81. The predicted molar refractivity (Wildman–Crippen MR) is 66.2 cm³/mol. The lowest BCUT2D eigenvalue weighted by Gasteiger charge is -2.25. The fraction of sp³-hybridized carbons (Fsp3) is 0.833. The molecule has 0 N–H and O–H groups in total. The van der Waals surface area contributed by atoms with Gasteiger partial charge in [-0.3, -0.25) is 9.59 Å². The number of carbonyl (C=O) groups is 2. The van der Waals surface area contributed by atoms with Gasteiger partial charge in [0.1, 0.15) is 0 Å². The molecule has 0 saturated carbocycles. The summed E-state index contributed by atoms with van der Waals surface area (Å²) in [5.74, 6) is -0.850. The van der Waals surface area contributed by atoms with Gasteiger partial charge in [0.25, 0.3) is 0 Å².